The third kappa shape index (κ3) is 4.32. The molecule has 0 fully saturated rings. The number of carbonyl (C=O) groups is 1. The Labute approximate surface area is 158 Å². The van der Waals surface area contributed by atoms with E-state index in [0.717, 1.165) is 30.9 Å². The molecule has 5 heteroatoms. The first-order chi connectivity index (χ1) is 12.4. The monoisotopic (exact) mass is 372 g/mol. The molecule has 2 aromatic rings. The zero-order valence-electron chi connectivity index (χ0n) is 14.9. The number of allylic oxidation sites excluding steroid dienone is 1. The Morgan fingerprint density at radius 2 is 2.04 bits per heavy atom. The van der Waals surface area contributed by atoms with Gasteiger partial charge >= 0.3 is 0 Å². The minimum absolute atomic E-state index is 0.100. The quantitative estimate of drug-likeness (QED) is 0.797. The summed E-state index contributed by atoms with van der Waals surface area (Å²) in [5.41, 5.74) is 3.37. The molecule has 1 N–H and O–H groups in total. The van der Waals surface area contributed by atoms with Crippen LogP contribution < -0.4 is 5.32 Å². The van der Waals surface area contributed by atoms with Crippen LogP contribution in [0.4, 0.5) is 10.1 Å². The van der Waals surface area contributed by atoms with Crippen molar-refractivity contribution in [2.45, 2.75) is 25.3 Å². The number of nitrogens with zero attached hydrogens (tertiary/aromatic N) is 1. The molecule has 1 atom stereocenters. The topological polar surface area (TPSA) is 32.3 Å². The number of halogens is 2. The number of hydrogen-bond acceptors (Lipinski definition) is 2. The maximum Gasteiger partial charge on any atom is 0.257 e. The maximum atomic E-state index is 13.1. The van der Waals surface area contributed by atoms with Crippen LogP contribution in [-0.4, -0.2) is 30.9 Å². The fourth-order valence-electron chi connectivity index (χ4n) is 3.22. The second kappa shape index (κ2) is 8.02. The van der Waals surface area contributed by atoms with Crippen molar-refractivity contribution >= 4 is 28.8 Å². The second-order valence-electron chi connectivity index (χ2n) is 6.78. The van der Waals surface area contributed by atoms with Crippen LogP contribution in [0, 0.1) is 5.82 Å². The van der Waals surface area contributed by atoms with Crippen molar-refractivity contribution in [2.75, 3.05) is 19.4 Å². The van der Waals surface area contributed by atoms with Crippen LogP contribution >= 0.6 is 11.6 Å². The van der Waals surface area contributed by atoms with Crippen LogP contribution in [-0.2, 0) is 0 Å². The summed E-state index contributed by atoms with van der Waals surface area (Å²) in [4.78, 5) is 14.7. The first-order valence-corrected chi connectivity index (χ1v) is 9.04. The first kappa shape index (κ1) is 18.6. The van der Waals surface area contributed by atoms with E-state index in [1.807, 2.05) is 18.2 Å². The first-order valence-electron chi connectivity index (χ1n) is 8.66. The van der Waals surface area contributed by atoms with Gasteiger partial charge in [0.15, 0.2) is 0 Å². The summed E-state index contributed by atoms with van der Waals surface area (Å²) in [5.74, 6) is -0.814. The van der Waals surface area contributed by atoms with Crippen LogP contribution in [0.3, 0.4) is 0 Å². The van der Waals surface area contributed by atoms with Crippen molar-refractivity contribution in [3.8, 4) is 0 Å². The van der Waals surface area contributed by atoms with Crippen molar-refractivity contribution in [1.82, 2.24) is 4.90 Å². The lowest BCUT2D eigenvalue weighted by Crippen LogP contribution is -2.28. The van der Waals surface area contributed by atoms with Gasteiger partial charge in [-0.05, 0) is 74.8 Å². The summed E-state index contributed by atoms with van der Waals surface area (Å²) in [6.07, 6.45) is 5.46. The fraction of sp³-hybridized carbons (Fsp3) is 0.286. The molecule has 0 saturated heterocycles. The Balaban J connectivity index is 1.75. The average Bonchev–Trinajstić information content (AvgIpc) is 2.62. The molecule has 0 bridgehead atoms. The van der Waals surface area contributed by atoms with E-state index in [1.54, 1.807) is 0 Å². The summed E-state index contributed by atoms with van der Waals surface area (Å²) in [5, 5.41) is 2.94. The van der Waals surface area contributed by atoms with Gasteiger partial charge in [-0.25, -0.2) is 4.39 Å². The van der Waals surface area contributed by atoms with Gasteiger partial charge in [0.2, 0.25) is 0 Å². The molecule has 2 aromatic carbocycles. The van der Waals surface area contributed by atoms with Crippen LogP contribution in [0.25, 0.3) is 5.57 Å². The van der Waals surface area contributed by atoms with Crippen molar-refractivity contribution in [2.24, 2.45) is 0 Å². The summed E-state index contributed by atoms with van der Waals surface area (Å²) in [6.45, 7) is 0. The molecule has 0 aliphatic heterocycles. The van der Waals surface area contributed by atoms with E-state index in [1.165, 1.54) is 17.7 Å². The SMILES string of the molecule is CN(C)C1CC=C(c2cccc(NC(=O)c3ccc(F)cc3Cl)c2)CC1. The Bertz CT molecular complexity index is 848. The lowest BCUT2D eigenvalue weighted by molar-refractivity contribution is 0.102. The molecule has 0 spiro atoms. The highest BCUT2D eigenvalue weighted by atomic mass is 35.5. The zero-order valence-corrected chi connectivity index (χ0v) is 15.7. The molecule has 0 saturated carbocycles. The largest absolute Gasteiger partial charge is 0.322 e. The summed E-state index contributed by atoms with van der Waals surface area (Å²) >= 11 is 5.97. The predicted octanol–water partition coefficient (Wildman–Crippen LogP) is 5.23. The summed E-state index contributed by atoms with van der Waals surface area (Å²) in [6, 6.07) is 12.1. The van der Waals surface area contributed by atoms with Crippen molar-refractivity contribution < 1.29 is 9.18 Å². The van der Waals surface area contributed by atoms with E-state index < -0.39 is 5.82 Å². The van der Waals surface area contributed by atoms with Crippen molar-refractivity contribution in [3.05, 3.63) is 70.5 Å². The number of nitrogens with one attached hydrogen (secondary N) is 1. The smallest absolute Gasteiger partial charge is 0.257 e. The number of benzene rings is 2. The standard InChI is InChI=1S/C21H22ClFN2O/c1-25(2)18-9-6-14(7-10-18)15-4-3-5-17(12-15)24-21(26)19-11-8-16(23)13-20(19)22/h3-6,8,11-13,18H,7,9-10H2,1-2H3,(H,24,26). The molecular weight excluding hydrogens is 351 g/mol. The van der Waals surface area contributed by atoms with Crippen molar-refractivity contribution in [1.29, 1.82) is 0 Å². The fourth-order valence-corrected chi connectivity index (χ4v) is 3.47. The predicted molar refractivity (Wildman–Crippen MR) is 105 cm³/mol. The van der Waals surface area contributed by atoms with E-state index in [2.05, 4.69) is 36.5 Å². The van der Waals surface area contributed by atoms with Gasteiger partial charge in [0.25, 0.3) is 5.91 Å². The van der Waals surface area contributed by atoms with Crippen LogP contribution in [0.15, 0.2) is 48.5 Å². The van der Waals surface area contributed by atoms with E-state index in [4.69, 9.17) is 11.6 Å². The van der Waals surface area contributed by atoms with Crippen LogP contribution in [0.2, 0.25) is 5.02 Å². The number of amides is 1. The molecule has 1 aliphatic carbocycles. The van der Waals surface area contributed by atoms with Gasteiger partial charge in [0, 0.05) is 11.7 Å². The Hall–Kier alpha value is -2.17. The van der Waals surface area contributed by atoms with Crippen LogP contribution in [0.1, 0.15) is 35.2 Å². The minimum atomic E-state index is -0.464. The van der Waals surface area contributed by atoms with Gasteiger partial charge in [-0.1, -0.05) is 29.8 Å². The maximum absolute atomic E-state index is 13.1. The molecule has 0 aromatic heterocycles. The summed E-state index contributed by atoms with van der Waals surface area (Å²) < 4.78 is 13.1. The molecule has 3 rings (SSSR count). The highest BCUT2D eigenvalue weighted by molar-refractivity contribution is 6.34. The third-order valence-corrected chi connectivity index (χ3v) is 5.09. The molecule has 3 nitrogen and oxygen atoms in total. The van der Waals surface area contributed by atoms with E-state index in [9.17, 15) is 9.18 Å². The summed E-state index contributed by atoms with van der Waals surface area (Å²) in [7, 11) is 4.22. The normalized spacial score (nSPS) is 17.1. The number of carbonyl (C=O) groups excluding carboxylic acids is 1. The Morgan fingerprint density at radius 3 is 2.69 bits per heavy atom. The van der Waals surface area contributed by atoms with E-state index in [-0.39, 0.29) is 16.5 Å². The molecule has 0 heterocycles. The number of hydrogen-bond donors (Lipinski definition) is 1. The highest BCUT2D eigenvalue weighted by Crippen LogP contribution is 2.30. The Kier molecular flexibility index (Phi) is 5.74. The zero-order chi connectivity index (χ0) is 18.7. The third-order valence-electron chi connectivity index (χ3n) is 4.78. The molecule has 1 unspecified atom stereocenters. The van der Waals surface area contributed by atoms with Crippen LogP contribution in [0.5, 0.6) is 0 Å². The number of anilines is 1. The molecule has 1 aliphatic rings. The molecule has 0 radical (unpaired) electrons. The number of rotatable bonds is 4. The van der Waals surface area contributed by atoms with Crippen molar-refractivity contribution in [3.63, 3.8) is 0 Å². The lowest BCUT2D eigenvalue weighted by Gasteiger charge is -2.27. The minimum Gasteiger partial charge on any atom is -0.322 e. The van der Waals surface area contributed by atoms with Gasteiger partial charge < -0.3 is 10.2 Å². The lowest BCUT2D eigenvalue weighted by atomic mass is 9.90. The molecule has 1 amide bonds. The Morgan fingerprint density at radius 1 is 1.23 bits per heavy atom. The van der Waals surface area contributed by atoms with Gasteiger partial charge in [-0.2, -0.15) is 0 Å². The molecular formula is C21H22ClFN2O. The highest BCUT2D eigenvalue weighted by Gasteiger charge is 2.17. The molecule has 26 heavy (non-hydrogen) atoms. The van der Waals surface area contributed by atoms with Gasteiger partial charge in [0.1, 0.15) is 5.82 Å². The molecule has 136 valence electrons. The van der Waals surface area contributed by atoms with Gasteiger partial charge in [-0.3, -0.25) is 4.79 Å². The average molecular weight is 373 g/mol. The van der Waals surface area contributed by atoms with E-state index in [0.29, 0.717) is 11.7 Å². The second-order valence-corrected chi connectivity index (χ2v) is 7.19. The van der Waals surface area contributed by atoms with E-state index >= 15 is 0 Å². The van der Waals surface area contributed by atoms with Gasteiger partial charge in [-0.15, -0.1) is 0 Å². The van der Waals surface area contributed by atoms with Gasteiger partial charge in [0.05, 0.1) is 10.6 Å².